The van der Waals surface area contributed by atoms with Crippen LogP contribution in [0.4, 0.5) is 5.82 Å². The molecule has 0 aliphatic rings. The lowest BCUT2D eigenvalue weighted by molar-refractivity contribution is 0.637. The molecule has 98 valence electrons. The summed E-state index contributed by atoms with van der Waals surface area (Å²) in [6.07, 6.45) is 3.26. The average molecular weight is 278 g/mol. The second-order valence-corrected chi connectivity index (χ2v) is 4.67. The van der Waals surface area contributed by atoms with Crippen molar-refractivity contribution in [3.05, 3.63) is 28.9 Å². The summed E-state index contributed by atoms with van der Waals surface area (Å²) in [6, 6.07) is 0. The van der Waals surface area contributed by atoms with E-state index in [4.69, 9.17) is 17.3 Å². The fraction of sp³-hybridized carbons (Fsp3) is 0.273. The molecule has 7 nitrogen and oxygen atoms in total. The van der Waals surface area contributed by atoms with E-state index >= 15 is 0 Å². The van der Waals surface area contributed by atoms with Crippen molar-refractivity contribution in [2.45, 2.75) is 13.5 Å². The Morgan fingerprint density at radius 3 is 2.74 bits per heavy atom. The van der Waals surface area contributed by atoms with E-state index in [0.29, 0.717) is 28.9 Å². The van der Waals surface area contributed by atoms with Crippen LogP contribution < -0.4 is 5.73 Å². The Hall–Kier alpha value is -2.15. The number of nitrogens with two attached hydrogens (primary N) is 1. The van der Waals surface area contributed by atoms with E-state index in [-0.39, 0.29) is 0 Å². The fourth-order valence-corrected chi connectivity index (χ4v) is 2.02. The molecular formula is C11H12ClN7. The molecule has 0 saturated carbocycles. The quantitative estimate of drug-likeness (QED) is 0.759. The van der Waals surface area contributed by atoms with Crippen molar-refractivity contribution in [1.82, 2.24) is 29.5 Å². The van der Waals surface area contributed by atoms with E-state index in [1.165, 1.54) is 0 Å². The van der Waals surface area contributed by atoms with Crippen LogP contribution >= 0.6 is 11.6 Å². The molecule has 0 saturated heterocycles. The lowest BCUT2D eigenvalue weighted by atomic mass is 10.4. The molecule has 0 amide bonds. The van der Waals surface area contributed by atoms with Crippen molar-refractivity contribution in [2.24, 2.45) is 7.05 Å². The maximum Gasteiger partial charge on any atom is 0.163 e. The summed E-state index contributed by atoms with van der Waals surface area (Å²) in [5, 5.41) is 9.66. The van der Waals surface area contributed by atoms with Gasteiger partial charge in [-0.2, -0.15) is 10.2 Å². The first-order valence-corrected chi connectivity index (χ1v) is 6.06. The predicted molar refractivity (Wildman–Crippen MR) is 71.8 cm³/mol. The molecule has 3 aromatic rings. The van der Waals surface area contributed by atoms with Crippen LogP contribution in [0.1, 0.15) is 11.5 Å². The molecule has 0 aliphatic carbocycles. The van der Waals surface area contributed by atoms with Crippen LogP contribution in [0, 0.1) is 6.92 Å². The molecular weight excluding hydrogens is 266 g/mol. The predicted octanol–water partition coefficient (Wildman–Crippen LogP) is 1.15. The second-order valence-electron chi connectivity index (χ2n) is 4.27. The number of nitrogen functional groups attached to an aromatic ring is 1. The lowest BCUT2D eigenvalue weighted by Gasteiger charge is -2.05. The van der Waals surface area contributed by atoms with Gasteiger partial charge < -0.3 is 5.73 Å². The maximum absolute atomic E-state index is 5.97. The number of aromatic nitrogens is 6. The molecule has 0 radical (unpaired) electrons. The third-order valence-corrected chi connectivity index (χ3v) is 3.37. The third-order valence-electron chi connectivity index (χ3n) is 3.00. The number of hydrogen-bond acceptors (Lipinski definition) is 5. The number of aryl methyl sites for hydroxylation is 1. The zero-order chi connectivity index (χ0) is 13.6. The van der Waals surface area contributed by atoms with Gasteiger partial charge in [0.15, 0.2) is 11.5 Å². The SMILES string of the molecule is Cc1c(Cl)cnn1Cc1nc(N)c2cnn(C)c2n1. The molecule has 19 heavy (non-hydrogen) atoms. The molecule has 0 spiro atoms. The first-order valence-electron chi connectivity index (χ1n) is 5.68. The first-order chi connectivity index (χ1) is 9.06. The topological polar surface area (TPSA) is 87.4 Å². The van der Waals surface area contributed by atoms with Crippen LogP contribution in [0.3, 0.4) is 0 Å². The Labute approximate surface area is 114 Å². The van der Waals surface area contributed by atoms with Gasteiger partial charge in [0.1, 0.15) is 12.4 Å². The summed E-state index contributed by atoms with van der Waals surface area (Å²) < 4.78 is 3.40. The third kappa shape index (κ3) is 1.91. The largest absolute Gasteiger partial charge is 0.383 e. The van der Waals surface area contributed by atoms with Gasteiger partial charge in [0, 0.05) is 7.05 Å². The Balaban J connectivity index is 2.06. The first kappa shape index (κ1) is 11.9. The number of fused-ring (bicyclic) bond motifs is 1. The Morgan fingerprint density at radius 2 is 2.05 bits per heavy atom. The highest BCUT2D eigenvalue weighted by molar-refractivity contribution is 6.31. The van der Waals surface area contributed by atoms with E-state index in [1.54, 1.807) is 21.8 Å². The van der Waals surface area contributed by atoms with Gasteiger partial charge in [-0.05, 0) is 6.92 Å². The Kier molecular flexibility index (Phi) is 2.63. The van der Waals surface area contributed by atoms with Crippen LogP contribution in [0.2, 0.25) is 5.02 Å². The van der Waals surface area contributed by atoms with Gasteiger partial charge >= 0.3 is 0 Å². The molecule has 0 atom stereocenters. The standard InChI is InChI=1S/C11H12ClN7/c1-6-8(12)4-15-19(6)5-9-16-10(13)7-3-14-18(2)11(7)17-9/h3-4H,5H2,1-2H3,(H2,13,16,17). The summed E-state index contributed by atoms with van der Waals surface area (Å²) in [5.74, 6) is 1.00. The molecule has 0 aromatic carbocycles. The van der Waals surface area contributed by atoms with Gasteiger partial charge in [-0.15, -0.1) is 0 Å². The number of rotatable bonds is 2. The molecule has 2 N–H and O–H groups in total. The summed E-state index contributed by atoms with van der Waals surface area (Å²) in [6.45, 7) is 2.31. The smallest absolute Gasteiger partial charge is 0.163 e. The highest BCUT2D eigenvalue weighted by Crippen LogP contribution is 2.18. The fourth-order valence-electron chi connectivity index (χ4n) is 1.88. The minimum absolute atomic E-state index is 0.420. The molecule has 3 rings (SSSR count). The highest BCUT2D eigenvalue weighted by atomic mass is 35.5. The molecule has 0 unspecified atom stereocenters. The van der Waals surface area contributed by atoms with E-state index in [0.717, 1.165) is 11.1 Å². The minimum Gasteiger partial charge on any atom is -0.383 e. The van der Waals surface area contributed by atoms with E-state index in [9.17, 15) is 0 Å². The van der Waals surface area contributed by atoms with Crippen LogP contribution in [0.15, 0.2) is 12.4 Å². The van der Waals surface area contributed by atoms with Crippen molar-refractivity contribution in [3.8, 4) is 0 Å². The van der Waals surface area contributed by atoms with Crippen molar-refractivity contribution >= 4 is 28.5 Å². The van der Waals surface area contributed by atoms with Gasteiger partial charge in [0.2, 0.25) is 0 Å². The van der Waals surface area contributed by atoms with Crippen LogP contribution in [-0.2, 0) is 13.6 Å². The molecule has 0 aliphatic heterocycles. The van der Waals surface area contributed by atoms with Crippen molar-refractivity contribution in [2.75, 3.05) is 5.73 Å². The molecule has 0 fully saturated rings. The lowest BCUT2D eigenvalue weighted by Crippen LogP contribution is -2.09. The maximum atomic E-state index is 5.97. The van der Waals surface area contributed by atoms with Gasteiger partial charge in [-0.1, -0.05) is 11.6 Å². The van der Waals surface area contributed by atoms with Gasteiger partial charge in [-0.3, -0.25) is 9.36 Å². The van der Waals surface area contributed by atoms with Gasteiger partial charge in [-0.25, -0.2) is 9.97 Å². The number of anilines is 1. The van der Waals surface area contributed by atoms with Crippen molar-refractivity contribution < 1.29 is 0 Å². The summed E-state index contributed by atoms with van der Waals surface area (Å²) in [4.78, 5) is 8.72. The zero-order valence-corrected chi connectivity index (χ0v) is 11.3. The zero-order valence-electron chi connectivity index (χ0n) is 10.5. The van der Waals surface area contributed by atoms with Crippen molar-refractivity contribution in [3.63, 3.8) is 0 Å². The summed E-state index contributed by atoms with van der Waals surface area (Å²) in [5.41, 5.74) is 7.48. The number of nitrogens with zero attached hydrogens (tertiary/aromatic N) is 6. The molecule has 3 heterocycles. The summed E-state index contributed by atoms with van der Waals surface area (Å²) in [7, 11) is 1.81. The van der Waals surface area contributed by atoms with Crippen LogP contribution in [0.5, 0.6) is 0 Å². The van der Waals surface area contributed by atoms with E-state index in [2.05, 4.69) is 20.2 Å². The van der Waals surface area contributed by atoms with Gasteiger partial charge in [0.05, 0.1) is 28.5 Å². The molecule has 0 bridgehead atoms. The van der Waals surface area contributed by atoms with Crippen molar-refractivity contribution in [1.29, 1.82) is 0 Å². The van der Waals surface area contributed by atoms with E-state index in [1.807, 2.05) is 14.0 Å². The Bertz CT molecular complexity index is 758. The van der Waals surface area contributed by atoms with E-state index < -0.39 is 0 Å². The monoisotopic (exact) mass is 277 g/mol. The summed E-state index contributed by atoms with van der Waals surface area (Å²) >= 11 is 5.97. The molecule has 3 aromatic heterocycles. The number of hydrogen-bond donors (Lipinski definition) is 1. The van der Waals surface area contributed by atoms with Crippen LogP contribution in [-0.4, -0.2) is 29.5 Å². The molecule has 8 heteroatoms. The van der Waals surface area contributed by atoms with Crippen LogP contribution in [0.25, 0.3) is 11.0 Å². The highest BCUT2D eigenvalue weighted by Gasteiger charge is 2.11. The Morgan fingerprint density at radius 1 is 1.26 bits per heavy atom. The average Bonchev–Trinajstić information content (AvgIpc) is 2.89. The second kappa shape index (κ2) is 4.20. The number of halogens is 1. The van der Waals surface area contributed by atoms with Gasteiger partial charge in [0.25, 0.3) is 0 Å². The normalized spacial score (nSPS) is 11.3. The minimum atomic E-state index is 0.420.